The molecule has 2 heterocycles. The van der Waals surface area contributed by atoms with E-state index in [0.29, 0.717) is 11.6 Å². The molecule has 0 bridgehead atoms. The summed E-state index contributed by atoms with van der Waals surface area (Å²) in [5, 5.41) is 3.55. The Morgan fingerprint density at radius 1 is 1.47 bits per heavy atom. The molecule has 1 N–H and O–H groups in total. The maximum Gasteiger partial charge on any atom is 0.226 e. The Hall–Kier alpha value is -1.46. The third-order valence-electron chi connectivity index (χ3n) is 3.26. The number of benzene rings is 1. The quantitative estimate of drug-likeness (QED) is 0.933. The van der Waals surface area contributed by atoms with Crippen LogP contribution in [0.15, 0.2) is 24.3 Å². The molecule has 1 amide bonds. The van der Waals surface area contributed by atoms with Crippen molar-refractivity contribution in [3.8, 4) is 0 Å². The van der Waals surface area contributed by atoms with Crippen molar-refractivity contribution in [3.05, 3.63) is 24.3 Å². The van der Waals surface area contributed by atoms with Gasteiger partial charge in [0.1, 0.15) is 0 Å². The molecule has 3 rings (SSSR count). The van der Waals surface area contributed by atoms with Crippen molar-refractivity contribution in [2.45, 2.75) is 31.8 Å². The molecule has 4 nitrogen and oxygen atoms in total. The van der Waals surface area contributed by atoms with E-state index in [0.717, 1.165) is 36.1 Å². The predicted molar refractivity (Wildman–Crippen MR) is 76.5 cm³/mol. The first-order valence-corrected chi connectivity index (χ1v) is 7.40. The SMILES string of the molecule is O=C(CC[C@H]1CCCO1)Nc1nc2ccccc2s1. The van der Waals surface area contributed by atoms with Crippen LogP contribution in [0.25, 0.3) is 10.2 Å². The number of hydrogen-bond acceptors (Lipinski definition) is 4. The van der Waals surface area contributed by atoms with Gasteiger partial charge in [0, 0.05) is 13.0 Å². The molecule has 1 aliphatic rings. The maximum absolute atomic E-state index is 11.8. The number of para-hydroxylation sites is 1. The van der Waals surface area contributed by atoms with Crippen molar-refractivity contribution in [3.63, 3.8) is 0 Å². The summed E-state index contributed by atoms with van der Waals surface area (Å²) in [5.74, 6) is 0.0227. The highest BCUT2D eigenvalue weighted by atomic mass is 32.1. The number of carbonyl (C=O) groups is 1. The summed E-state index contributed by atoms with van der Waals surface area (Å²) in [7, 11) is 0. The molecule has 0 spiro atoms. The van der Waals surface area contributed by atoms with E-state index >= 15 is 0 Å². The van der Waals surface area contributed by atoms with E-state index in [2.05, 4.69) is 10.3 Å². The average molecular weight is 276 g/mol. The Bertz CT molecular complexity index is 543. The number of thiazole rings is 1. The summed E-state index contributed by atoms with van der Waals surface area (Å²) in [4.78, 5) is 16.2. The lowest BCUT2D eigenvalue weighted by atomic mass is 10.1. The molecule has 0 unspecified atom stereocenters. The second kappa shape index (κ2) is 5.67. The summed E-state index contributed by atoms with van der Waals surface area (Å²) in [6.45, 7) is 0.837. The van der Waals surface area contributed by atoms with Gasteiger partial charge in [0.2, 0.25) is 5.91 Å². The fourth-order valence-electron chi connectivity index (χ4n) is 2.27. The molecule has 100 valence electrons. The molecular weight excluding hydrogens is 260 g/mol. The smallest absolute Gasteiger partial charge is 0.226 e. The summed E-state index contributed by atoms with van der Waals surface area (Å²) in [5.41, 5.74) is 0.932. The Morgan fingerprint density at radius 3 is 3.16 bits per heavy atom. The zero-order valence-electron chi connectivity index (χ0n) is 10.6. The molecule has 0 aliphatic carbocycles. The lowest BCUT2D eigenvalue weighted by molar-refractivity contribution is -0.116. The van der Waals surface area contributed by atoms with Gasteiger partial charge in [0.05, 0.1) is 16.3 Å². The van der Waals surface area contributed by atoms with E-state index in [4.69, 9.17) is 4.74 Å². The summed E-state index contributed by atoms with van der Waals surface area (Å²) in [6, 6.07) is 7.89. The minimum absolute atomic E-state index is 0.0227. The number of fused-ring (bicyclic) bond motifs is 1. The number of nitrogens with zero attached hydrogens (tertiary/aromatic N) is 1. The first kappa shape index (κ1) is 12.6. The Labute approximate surface area is 115 Å². The highest BCUT2D eigenvalue weighted by molar-refractivity contribution is 7.22. The van der Waals surface area contributed by atoms with Crippen molar-refractivity contribution in [1.82, 2.24) is 4.98 Å². The second-order valence-electron chi connectivity index (χ2n) is 4.71. The monoisotopic (exact) mass is 276 g/mol. The molecule has 0 saturated carbocycles. The largest absolute Gasteiger partial charge is 0.378 e. The third-order valence-corrected chi connectivity index (χ3v) is 4.21. The molecule has 1 aromatic heterocycles. The van der Waals surface area contributed by atoms with Crippen LogP contribution in [-0.2, 0) is 9.53 Å². The van der Waals surface area contributed by atoms with Crippen LogP contribution >= 0.6 is 11.3 Å². The van der Waals surface area contributed by atoms with Gasteiger partial charge in [-0.25, -0.2) is 4.98 Å². The Kier molecular flexibility index (Phi) is 3.75. The fraction of sp³-hybridized carbons (Fsp3) is 0.429. The third kappa shape index (κ3) is 3.11. The van der Waals surface area contributed by atoms with Crippen LogP contribution in [0.1, 0.15) is 25.7 Å². The van der Waals surface area contributed by atoms with Gasteiger partial charge >= 0.3 is 0 Å². The van der Waals surface area contributed by atoms with E-state index in [1.165, 1.54) is 11.3 Å². The first-order valence-electron chi connectivity index (χ1n) is 6.58. The van der Waals surface area contributed by atoms with Crippen molar-refractivity contribution in [2.75, 3.05) is 11.9 Å². The Balaban J connectivity index is 1.56. The number of anilines is 1. The summed E-state index contributed by atoms with van der Waals surface area (Å²) in [6.07, 6.45) is 3.76. The number of amides is 1. The summed E-state index contributed by atoms with van der Waals surface area (Å²) < 4.78 is 6.60. The van der Waals surface area contributed by atoms with Gasteiger partial charge in [-0.1, -0.05) is 23.5 Å². The molecule has 0 radical (unpaired) electrons. The lowest BCUT2D eigenvalue weighted by Crippen LogP contribution is -2.15. The van der Waals surface area contributed by atoms with Gasteiger partial charge in [-0.3, -0.25) is 4.79 Å². The maximum atomic E-state index is 11.8. The van der Waals surface area contributed by atoms with Crippen molar-refractivity contribution in [1.29, 1.82) is 0 Å². The molecule has 1 aliphatic heterocycles. The van der Waals surface area contributed by atoms with Crippen LogP contribution < -0.4 is 5.32 Å². The number of rotatable bonds is 4. The van der Waals surface area contributed by atoms with Crippen molar-refractivity contribution < 1.29 is 9.53 Å². The molecule has 2 aromatic rings. The molecule has 19 heavy (non-hydrogen) atoms. The zero-order valence-corrected chi connectivity index (χ0v) is 11.4. The standard InChI is InChI=1S/C14H16N2O2S/c17-13(8-7-10-4-3-9-18-10)16-14-15-11-5-1-2-6-12(11)19-14/h1-2,5-6,10H,3-4,7-9H2,(H,15,16,17)/t10-/m1/s1. The predicted octanol–water partition coefficient (Wildman–Crippen LogP) is 3.19. The summed E-state index contributed by atoms with van der Waals surface area (Å²) >= 11 is 1.51. The van der Waals surface area contributed by atoms with Gasteiger partial charge in [-0.05, 0) is 31.4 Å². The molecular formula is C14H16N2O2S. The highest BCUT2D eigenvalue weighted by Crippen LogP contribution is 2.25. The number of nitrogens with one attached hydrogen (secondary N) is 1. The molecule has 1 atom stereocenters. The molecule has 5 heteroatoms. The topological polar surface area (TPSA) is 51.2 Å². The van der Waals surface area contributed by atoms with E-state index in [1.54, 1.807) is 0 Å². The molecule has 1 aromatic carbocycles. The first-order chi connectivity index (χ1) is 9.31. The number of hydrogen-bond donors (Lipinski definition) is 1. The van der Waals surface area contributed by atoms with Crippen LogP contribution in [0.4, 0.5) is 5.13 Å². The van der Waals surface area contributed by atoms with Gasteiger partial charge in [0.25, 0.3) is 0 Å². The van der Waals surface area contributed by atoms with Gasteiger partial charge in [-0.2, -0.15) is 0 Å². The van der Waals surface area contributed by atoms with E-state index in [1.807, 2.05) is 24.3 Å². The highest BCUT2D eigenvalue weighted by Gasteiger charge is 2.17. The number of aromatic nitrogens is 1. The molecule has 1 fully saturated rings. The van der Waals surface area contributed by atoms with E-state index in [-0.39, 0.29) is 12.0 Å². The van der Waals surface area contributed by atoms with Crippen molar-refractivity contribution in [2.24, 2.45) is 0 Å². The van der Waals surface area contributed by atoms with E-state index in [9.17, 15) is 4.79 Å². The zero-order chi connectivity index (χ0) is 13.1. The minimum Gasteiger partial charge on any atom is -0.378 e. The van der Waals surface area contributed by atoms with Crippen LogP contribution in [0.5, 0.6) is 0 Å². The average Bonchev–Trinajstić information content (AvgIpc) is 3.04. The van der Waals surface area contributed by atoms with Crippen LogP contribution in [0.3, 0.4) is 0 Å². The Morgan fingerprint density at radius 2 is 2.37 bits per heavy atom. The molecule has 1 saturated heterocycles. The number of ether oxygens (including phenoxy) is 1. The van der Waals surface area contributed by atoms with Gasteiger partial charge in [0.15, 0.2) is 5.13 Å². The van der Waals surface area contributed by atoms with Crippen LogP contribution in [0.2, 0.25) is 0 Å². The minimum atomic E-state index is 0.0227. The lowest BCUT2D eigenvalue weighted by Gasteiger charge is -2.07. The van der Waals surface area contributed by atoms with Gasteiger partial charge < -0.3 is 10.1 Å². The normalized spacial score (nSPS) is 18.8. The second-order valence-corrected chi connectivity index (χ2v) is 5.74. The van der Waals surface area contributed by atoms with Crippen LogP contribution in [0, 0.1) is 0 Å². The van der Waals surface area contributed by atoms with Crippen molar-refractivity contribution >= 4 is 32.6 Å². The fourth-order valence-corrected chi connectivity index (χ4v) is 3.15. The van der Waals surface area contributed by atoms with E-state index < -0.39 is 0 Å². The van der Waals surface area contributed by atoms with Gasteiger partial charge in [-0.15, -0.1) is 0 Å². The number of carbonyl (C=O) groups excluding carboxylic acids is 1. The van der Waals surface area contributed by atoms with Crippen LogP contribution in [-0.4, -0.2) is 23.6 Å².